The molecule has 1 aromatic rings. The maximum atomic E-state index is 12.2. The van der Waals surface area contributed by atoms with Gasteiger partial charge in [-0.15, -0.1) is 0 Å². The summed E-state index contributed by atoms with van der Waals surface area (Å²) in [6.07, 6.45) is 2.87. The molecule has 0 amide bonds. The van der Waals surface area contributed by atoms with E-state index in [1.165, 1.54) is 0 Å². The Bertz CT molecular complexity index is 197. The van der Waals surface area contributed by atoms with Gasteiger partial charge in [-0.25, -0.2) is 14.4 Å². The quantitative estimate of drug-likeness (QED) is 0.636. The first kappa shape index (κ1) is 7.08. The Kier molecular flexibility index (Phi) is 2.28. The van der Waals surface area contributed by atoms with E-state index >= 15 is 0 Å². The normalized spacial score (nSPS) is 9.80. The third kappa shape index (κ3) is 1.73. The predicted octanol–water partition coefficient (Wildman–Crippen LogP) is 0.117. The summed E-state index contributed by atoms with van der Waals surface area (Å²) in [6, 6.07) is 0. The van der Waals surface area contributed by atoms with Gasteiger partial charge in [0.05, 0.1) is 12.4 Å². The molecule has 0 saturated carbocycles. The molecule has 0 aliphatic heterocycles. The van der Waals surface area contributed by atoms with Gasteiger partial charge in [-0.2, -0.15) is 0 Å². The van der Waals surface area contributed by atoms with Crippen molar-refractivity contribution in [2.75, 3.05) is 6.54 Å². The Labute approximate surface area is 58.1 Å². The number of aromatic nitrogens is 2. The van der Waals surface area contributed by atoms with Crippen molar-refractivity contribution < 1.29 is 4.39 Å². The second-order valence-corrected chi connectivity index (χ2v) is 1.86. The number of hydrogen-bond donors (Lipinski definition) is 1. The molecule has 1 aromatic heterocycles. The van der Waals surface area contributed by atoms with Gasteiger partial charge in [-0.05, 0) is 6.54 Å². The van der Waals surface area contributed by atoms with Gasteiger partial charge < -0.3 is 5.73 Å². The molecule has 0 radical (unpaired) electrons. The van der Waals surface area contributed by atoms with Crippen LogP contribution in [0.4, 0.5) is 4.39 Å². The van der Waals surface area contributed by atoms with Gasteiger partial charge in [0.1, 0.15) is 5.82 Å². The first-order valence-corrected chi connectivity index (χ1v) is 2.99. The van der Waals surface area contributed by atoms with E-state index in [4.69, 9.17) is 5.73 Å². The topological polar surface area (TPSA) is 51.8 Å². The van der Waals surface area contributed by atoms with Gasteiger partial charge in [-0.1, -0.05) is 0 Å². The van der Waals surface area contributed by atoms with Crippen molar-refractivity contribution in [3.8, 4) is 0 Å². The molecule has 1 heterocycles. The van der Waals surface area contributed by atoms with Crippen molar-refractivity contribution in [2.45, 2.75) is 6.42 Å². The van der Waals surface area contributed by atoms with E-state index in [1.807, 2.05) is 0 Å². The lowest BCUT2D eigenvalue weighted by molar-refractivity contribution is 0.608. The molecule has 0 aliphatic rings. The molecule has 0 aromatic carbocycles. The highest BCUT2D eigenvalue weighted by Gasteiger charge is 1.93. The van der Waals surface area contributed by atoms with Crippen molar-refractivity contribution in [3.63, 3.8) is 0 Å². The average Bonchev–Trinajstić information content (AvgIpc) is 1.95. The van der Waals surface area contributed by atoms with Gasteiger partial charge in [0.25, 0.3) is 0 Å². The Balaban J connectivity index is 2.69. The Morgan fingerprint density at radius 1 is 1.40 bits per heavy atom. The number of rotatable bonds is 2. The summed E-state index contributed by atoms with van der Waals surface area (Å²) < 4.78 is 12.2. The van der Waals surface area contributed by atoms with E-state index in [9.17, 15) is 4.39 Å². The minimum atomic E-state index is -0.416. The van der Waals surface area contributed by atoms with Crippen LogP contribution in [-0.4, -0.2) is 16.5 Å². The molecule has 0 saturated heterocycles. The first-order chi connectivity index (χ1) is 4.83. The smallest absolute Gasteiger partial charge is 0.159 e. The van der Waals surface area contributed by atoms with Crippen LogP contribution in [0, 0.1) is 5.82 Å². The summed E-state index contributed by atoms with van der Waals surface area (Å²) in [6.45, 7) is 0.492. The van der Waals surface area contributed by atoms with Crippen LogP contribution >= 0.6 is 0 Å². The van der Waals surface area contributed by atoms with Crippen molar-refractivity contribution in [1.29, 1.82) is 0 Å². The highest BCUT2D eigenvalue weighted by molar-refractivity contribution is 4.91. The SMILES string of the molecule is NCCc1ncc(F)cn1. The second kappa shape index (κ2) is 3.22. The summed E-state index contributed by atoms with van der Waals surface area (Å²) in [5.41, 5.74) is 5.22. The fourth-order valence-electron chi connectivity index (χ4n) is 0.597. The Morgan fingerprint density at radius 3 is 2.50 bits per heavy atom. The lowest BCUT2D eigenvalue weighted by Crippen LogP contribution is -2.06. The van der Waals surface area contributed by atoms with Crippen molar-refractivity contribution >= 4 is 0 Å². The lowest BCUT2D eigenvalue weighted by Gasteiger charge is -1.93. The molecule has 0 bridgehead atoms. The summed E-state index contributed by atoms with van der Waals surface area (Å²) in [5.74, 6) is 0.171. The van der Waals surface area contributed by atoms with Crippen molar-refractivity contribution in [1.82, 2.24) is 9.97 Å². The van der Waals surface area contributed by atoms with E-state index in [1.54, 1.807) is 0 Å². The standard InChI is InChI=1S/C6H8FN3/c7-5-3-9-6(1-2-8)10-4-5/h3-4H,1-2,8H2. The van der Waals surface area contributed by atoms with Gasteiger partial charge in [-0.3, -0.25) is 0 Å². The highest BCUT2D eigenvalue weighted by atomic mass is 19.1. The number of hydrogen-bond acceptors (Lipinski definition) is 3. The minimum Gasteiger partial charge on any atom is -0.330 e. The number of halogens is 1. The largest absolute Gasteiger partial charge is 0.330 e. The van der Waals surface area contributed by atoms with Crippen LogP contribution in [0.2, 0.25) is 0 Å². The molecular weight excluding hydrogens is 133 g/mol. The molecule has 2 N–H and O–H groups in total. The molecule has 10 heavy (non-hydrogen) atoms. The molecule has 0 fully saturated rings. The molecular formula is C6H8FN3. The summed E-state index contributed by atoms with van der Waals surface area (Å²) in [7, 11) is 0. The third-order valence-electron chi connectivity index (χ3n) is 1.04. The first-order valence-electron chi connectivity index (χ1n) is 2.99. The molecule has 54 valence electrons. The Hall–Kier alpha value is -1.03. The van der Waals surface area contributed by atoms with Crippen LogP contribution in [0.25, 0.3) is 0 Å². The number of nitrogens with zero attached hydrogens (tertiary/aromatic N) is 2. The molecule has 0 unspecified atom stereocenters. The lowest BCUT2D eigenvalue weighted by atomic mass is 10.4. The zero-order valence-electron chi connectivity index (χ0n) is 5.42. The molecule has 1 rings (SSSR count). The van der Waals surface area contributed by atoms with E-state index in [2.05, 4.69) is 9.97 Å². The van der Waals surface area contributed by atoms with E-state index < -0.39 is 5.82 Å². The van der Waals surface area contributed by atoms with Crippen LogP contribution in [0.1, 0.15) is 5.82 Å². The third-order valence-corrected chi connectivity index (χ3v) is 1.04. The minimum absolute atomic E-state index is 0.416. The summed E-state index contributed by atoms with van der Waals surface area (Å²) in [5, 5.41) is 0. The zero-order valence-corrected chi connectivity index (χ0v) is 5.42. The zero-order chi connectivity index (χ0) is 7.40. The van der Waals surface area contributed by atoms with Crippen LogP contribution in [0.5, 0.6) is 0 Å². The molecule has 3 nitrogen and oxygen atoms in total. The van der Waals surface area contributed by atoms with E-state index in [-0.39, 0.29) is 0 Å². The monoisotopic (exact) mass is 141 g/mol. The predicted molar refractivity (Wildman–Crippen MR) is 34.7 cm³/mol. The van der Waals surface area contributed by atoms with Gasteiger partial charge >= 0.3 is 0 Å². The number of nitrogens with two attached hydrogens (primary N) is 1. The van der Waals surface area contributed by atoms with Gasteiger partial charge in [0.2, 0.25) is 0 Å². The Morgan fingerprint density at radius 2 is 2.00 bits per heavy atom. The summed E-state index contributed by atoms with van der Waals surface area (Å²) in [4.78, 5) is 7.40. The fraction of sp³-hybridized carbons (Fsp3) is 0.333. The highest BCUT2D eigenvalue weighted by Crippen LogP contribution is 1.92. The van der Waals surface area contributed by atoms with Crippen molar-refractivity contribution in [3.05, 3.63) is 24.0 Å². The van der Waals surface area contributed by atoms with E-state index in [0.717, 1.165) is 12.4 Å². The maximum absolute atomic E-state index is 12.2. The van der Waals surface area contributed by atoms with Crippen molar-refractivity contribution in [2.24, 2.45) is 5.73 Å². The molecule has 0 aliphatic carbocycles. The maximum Gasteiger partial charge on any atom is 0.159 e. The van der Waals surface area contributed by atoms with Crippen LogP contribution in [0.15, 0.2) is 12.4 Å². The molecule has 4 heteroatoms. The molecule has 0 atom stereocenters. The van der Waals surface area contributed by atoms with Crippen LogP contribution in [-0.2, 0) is 6.42 Å². The van der Waals surface area contributed by atoms with E-state index in [0.29, 0.717) is 18.8 Å². The second-order valence-electron chi connectivity index (χ2n) is 1.86. The fourth-order valence-corrected chi connectivity index (χ4v) is 0.597. The molecule has 0 spiro atoms. The van der Waals surface area contributed by atoms with Gasteiger partial charge in [0.15, 0.2) is 5.82 Å². The summed E-state index contributed by atoms with van der Waals surface area (Å²) >= 11 is 0. The van der Waals surface area contributed by atoms with Crippen LogP contribution in [0.3, 0.4) is 0 Å². The average molecular weight is 141 g/mol. The van der Waals surface area contributed by atoms with Gasteiger partial charge in [0, 0.05) is 6.42 Å². The van der Waals surface area contributed by atoms with Crippen LogP contribution < -0.4 is 5.73 Å².